The van der Waals surface area contributed by atoms with Crippen LogP contribution in [-0.2, 0) is 9.59 Å². The zero-order valence-electron chi connectivity index (χ0n) is 22.8. The summed E-state index contributed by atoms with van der Waals surface area (Å²) >= 11 is 0. The second kappa shape index (κ2) is 11.5. The van der Waals surface area contributed by atoms with Gasteiger partial charge in [0.25, 0.3) is 5.91 Å². The standard InChI is InChI=1S/C28H37N7O4/c1-4-20-28(38)34(2)22-16-30-24(14-21(22)35(20)18-9-5-6-10-18)33-25-23(39-3)13-17(15-31-25)26(36)32-19-11-7-8-12-29-27(19)37/h13-16,18-20H,4-12H2,1-3H3,(H,29,37)(H,32,36)(H,30,31,33). The molecule has 1 aliphatic carbocycles. The number of hydrogen-bond acceptors (Lipinski definition) is 8. The molecule has 3 amide bonds. The maximum absolute atomic E-state index is 13.2. The van der Waals surface area contributed by atoms with Crippen molar-refractivity contribution >= 4 is 40.7 Å². The number of rotatable bonds is 7. The van der Waals surface area contributed by atoms with Crippen LogP contribution in [0.4, 0.5) is 23.0 Å². The molecular weight excluding hydrogens is 498 g/mol. The van der Waals surface area contributed by atoms with Gasteiger partial charge in [-0.3, -0.25) is 14.4 Å². The molecule has 208 valence electrons. The summed E-state index contributed by atoms with van der Waals surface area (Å²) in [5.74, 6) is 0.895. The SMILES string of the molecule is CCC1C(=O)N(C)c2cnc(Nc3ncc(C(=O)NC4CCCCNC4=O)cc3OC)cc2N1C1CCCC1. The highest BCUT2D eigenvalue weighted by molar-refractivity contribution is 6.05. The van der Waals surface area contributed by atoms with Crippen molar-refractivity contribution < 1.29 is 19.1 Å². The van der Waals surface area contributed by atoms with E-state index < -0.39 is 6.04 Å². The average molecular weight is 536 g/mol. The summed E-state index contributed by atoms with van der Waals surface area (Å²) in [5.41, 5.74) is 2.06. The van der Waals surface area contributed by atoms with Gasteiger partial charge < -0.3 is 30.5 Å². The van der Waals surface area contributed by atoms with Gasteiger partial charge in [-0.2, -0.15) is 0 Å². The first-order valence-electron chi connectivity index (χ1n) is 13.9. The van der Waals surface area contributed by atoms with E-state index in [9.17, 15) is 14.4 Å². The molecule has 11 heteroatoms. The van der Waals surface area contributed by atoms with Crippen LogP contribution in [0.3, 0.4) is 0 Å². The van der Waals surface area contributed by atoms with Crippen molar-refractivity contribution in [2.45, 2.75) is 76.4 Å². The fourth-order valence-electron chi connectivity index (χ4n) is 5.86. The molecule has 3 aliphatic rings. The number of hydrogen-bond donors (Lipinski definition) is 3. The van der Waals surface area contributed by atoms with Crippen molar-refractivity contribution in [3.8, 4) is 5.75 Å². The van der Waals surface area contributed by atoms with Gasteiger partial charge in [-0.25, -0.2) is 9.97 Å². The van der Waals surface area contributed by atoms with E-state index in [2.05, 4.69) is 37.7 Å². The second-order valence-electron chi connectivity index (χ2n) is 10.4. The van der Waals surface area contributed by atoms with Crippen LogP contribution in [0.2, 0.25) is 0 Å². The van der Waals surface area contributed by atoms with Crippen LogP contribution >= 0.6 is 0 Å². The van der Waals surface area contributed by atoms with Crippen molar-refractivity contribution in [1.29, 1.82) is 0 Å². The first kappa shape index (κ1) is 26.7. The zero-order chi connectivity index (χ0) is 27.5. The minimum atomic E-state index is -0.566. The molecule has 11 nitrogen and oxygen atoms in total. The molecule has 39 heavy (non-hydrogen) atoms. The summed E-state index contributed by atoms with van der Waals surface area (Å²) in [5, 5.41) is 8.87. The molecule has 2 aromatic heterocycles. The third-order valence-electron chi connectivity index (χ3n) is 7.98. The molecule has 1 saturated carbocycles. The first-order chi connectivity index (χ1) is 18.9. The van der Waals surface area contributed by atoms with E-state index in [4.69, 9.17) is 4.74 Å². The number of likely N-dealkylation sites (N-methyl/N-ethyl adjacent to an activating group) is 1. The Morgan fingerprint density at radius 3 is 2.59 bits per heavy atom. The van der Waals surface area contributed by atoms with E-state index in [1.165, 1.54) is 26.1 Å². The Hall–Kier alpha value is -3.89. The van der Waals surface area contributed by atoms with Crippen molar-refractivity contribution in [1.82, 2.24) is 20.6 Å². The number of carbonyl (C=O) groups excluding carboxylic acids is 3. The quantitative estimate of drug-likeness (QED) is 0.493. The van der Waals surface area contributed by atoms with Crippen molar-refractivity contribution in [2.75, 3.05) is 35.8 Å². The van der Waals surface area contributed by atoms with Crippen LogP contribution in [0.25, 0.3) is 0 Å². The minimum Gasteiger partial charge on any atom is -0.493 e. The summed E-state index contributed by atoms with van der Waals surface area (Å²) in [6.07, 6.45) is 10.7. The lowest BCUT2D eigenvalue weighted by atomic mass is 10.0. The molecule has 0 spiro atoms. The van der Waals surface area contributed by atoms with Crippen molar-refractivity contribution in [3.05, 3.63) is 30.1 Å². The summed E-state index contributed by atoms with van der Waals surface area (Å²) in [6, 6.07) is 3.11. The number of aromatic nitrogens is 2. The molecule has 2 unspecified atom stereocenters. The summed E-state index contributed by atoms with van der Waals surface area (Å²) in [7, 11) is 3.31. The number of carbonyl (C=O) groups is 3. The maximum atomic E-state index is 13.2. The number of pyridine rings is 2. The van der Waals surface area contributed by atoms with Gasteiger partial charge in [-0.05, 0) is 44.6 Å². The maximum Gasteiger partial charge on any atom is 0.253 e. The van der Waals surface area contributed by atoms with Crippen LogP contribution in [0.15, 0.2) is 24.5 Å². The van der Waals surface area contributed by atoms with Gasteiger partial charge >= 0.3 is 0 Å². The Bertz CT molecular complexity index is 1250. The molecule has 1 saturated heterocycles. The Morgan fingerprint density at radius 2 is 1.85 bits per heavy atom. The highest BCUT2D eigenvalue weighted by Gasteiger charge is 2.40. The summed E-state index contributed by atoms with van der Waals surface area (Å²) in [4.78, 5) is 51.3. The summed E-state index contributed by atoms with van der Waals surface area (Å²) in [6.45, 7) is 2.68. The van der Waals surface area contributed by atoms with Gasteiger partial charge in [0, 0.05) is 31.9 Å². The van der Waals surface area contributed by atoms with E-state index in [1.54, 1.807) is 24.2 Å². The van der Waals surface area contributed by atoms with E-state index in [0.29, 0.717) is 42.0 Å². The van der Waals surface area contributed by atoms with Crippen LogP contribution in [0, 0.1) is 0 Å². The molecule has 4 heterocycles. The van der Waals surface area contributed by atoms with Gasteiger partial charge in [0.15, 0.2) is 11.6 Å². The molecule has 2 atom stereocenters. The largest absolute Gasteiger partial charge is 0.493 e. The lowest BCUT2D eigenvalue weighted by molar-refractivity contribution is -0.122. The molecule has 0 bridgehead atoms. The van der Waals surface area contributed by atoms with Gasteiger partial charge in [-0.1, -0.05) is 19.8 Å². The van der Waals surface area contributed by atoms with Gasteiger partial charge in [0.05, 0.1) is 30.2 Å². The van der Waals surface area contributed by atoms with Gasteiger partial charge in [0.1, 0.15) is 17.9 Å². The van der Waals surface area contributed by atoms with Crippen LogP contribution < -0.4 is 30.5 Å². The van der Waals surface area contributed by atoms with Gasteiger partial charge in [-0.15, -0.1) is 0 Å². The van der Waals surface area contributed by atoms with E-state index >= 15 is 0 Å². The predicted octanol–water partition coefficient (Wildman–Crippen LogP) is 3.13. The third kappa shape index (κ3) is 5.35. The van der Waals surface area contributed by atoms with Crippen LogP contribution in [0.1, 0.15) is 68.6 Å². The number of amides is 3. The normalized spacial score (nSPS) is 21.7. The zero-order valence-corrected chi connectivity index (χ0v) is 22.8. The Balaban J connectivity index is 1.39. The predicted molar refractivity (Wildman–Crippen MR) is 149 cm³/mol. The monoisotopic (exact) mass is 535 g/mol. The van der Waals surface area contributed by atoms with Crippen LogP contribution in [-0.4, -0.2) is 66.5 Å². The molecule has 2 aliphatic heterocycles. The molecule has 2 aromatic rings. The molecule has 3 N–H and O–H groups in total. The first-order valence-corrected chi connectivity index (χ1v) is 13.9. The number of anilines is 4. The molecule has 0 radical (unpaired) electrons. The van der Waals surface area contributed by atoms with Gasteiger partial charge in [0.2, 0.25) is 11.8 Å². The highest BCUT2D eigenvalue weighted by atomic mass is 16.5. The lowest BCUT2D eigenvalue weighted by Gasteiger charge is -2.44. The number of methoxy groups -OCH3 is 1. The Kier molecular flexibility index (Phi) is 7.85. The molecule has 0 aromatic carbocycles. The highest BCUT2D eigenvalue weighted by Crippen LogP contribution is 2.42. The molecule has 5 rings (SSSR count). The average Bonchev–Trinajstić information content (AvgIpc) is 3.40. The minimum absolute atomic E-state index is 0.0953. The fourth-order valence-corrected chi connectivity index (χ4v) is 5.86. The third-order valence-corrected chi connectivity index (χ3v) is 7.98. The molecule has 2 fully saturated rings. The smallest absolute Gasteiger partial charge is 0.253 e. The fraction of sp³-hybridized carbons (Fsp3) is 0.536. The van der Waals surface area contributed by atoms with Crippen LogP contribution in [0.5, 0.6) is 5.75 Å². The number of nitrogens with zero attached hydrogens (tertiary/aromatic N) is 4. The number of ether oxygens (including phenoxy) is 1. The van der Waals surface area contributed by atoms with Crippen molar-refractivity contribution in [2.24, 2.45) is 0 Å². The topological polar surface area (TPSA) is 129 Å². The second-order valence-corrected chi connectivity index (χ2v) is 10.4. The molecular formula is C28H37N7O4. The number of nitrogens with one attached hydrogen (secondary N) is 3. The van der Waals surface area contributed by atoms with E-state index in [1.807, 2.05) is 6.07 Å². The van der Waals surface area contributed by atoms with Crippen molar-refractivity contribution in [3.63, 3.8) is 0 Å². The summed E-state index contributed by atoms with van der Waals surface area (Å²) < 4.78 is 5.54. The van der Waals surface area contributed by atoms with E-state index in [-0.39, 0.29) is 23.8 Å². The Labute approximate surface area is 228 Å². The number of fused-ring (bicyclic) bond motifs is 1. The Morgan fingerprint density at radius 1 is 1.08 bits per heavy atom. The van der Waals surface area contributed by atoms with E-state index in [0.717, 1.165) is 43.5 Å². The lowest BCUT2D eigenvalue weighted by Crippen LogP contribution is -2.55.